The fraction of sp³-hybridized carbons (Fsp3) is 0.200. The van der Waals surface area contributed by atoms with Crippen molar-refractivity contribution in [2.45, 2.75) is 25.4 Å². The Balaban J connectivity index is 1.27. The van der Waals surface area contributed by atoms with Crippen molar-refractivity contribution in [2.75, 3.05) is 6.79 Å². The monoisotopic (exact) mass is 354 g/mol. The van der Waals surface area contributed by atoms with Crippen LogP contribution in [0, 0.1) is 11.8 Å². The van der Waals surface area contributed by atoms with Crippen LogP contribution >= 0.6 is 0 Å². The molecule has 0 radical (unpaired) electrons. The topological polar surface area (TPSA) is 18.5 Å². The summed E-state index contributed by atoms with van der Waals surface area (Å²) in [7, 11) is 0. The second-order valence-electron chi connectivity index (χ2n) is 6.70. The van der Waals surface area contributed by atoms with Crippen molar-refractivity contribution >= 4 is 0 Å². The van der Waals surface area contributed by atoms with Crippen molar-refractivity contribution in [3.8, 4) is 17.6 Å². The Morgan fingerprint density at radius 2 is 1.41 bits per heavy atom. The van der Waals surface area contributed by atoms with Crippen LogP contribution in [0.1, 0.15) is 28.7 Å². The molecule has 4 rings (SSSR count). The predicted molar refractivity (Wildman–Crippen MR) is 108 cm³/mol. The van der Waals surface area contributed by atoms with Gasteiger partial charge >= 0.3 is 0 Å². The molecule has 3 aromatic carbocycles. The van der Waals surface area contributed by atoms with Gasteiger partial charge in [-0.05, 0) is 66.8 Å². The first kappa shape index (κ1) is 17.4. The van der Waals surface area contributed by atoms with E-state index in [1.165, 1.54) is 11.1 Å². The van der Waals surface area contributed by atoms with Gasteiger partial charge in [-0.3, -0.25) is 0 Å². The summed E-state index contributed by atoms with van der Waals surface area (Å²) in [4.78, 5) is 0. The van der Waals surface area contributed by atoms with Crippen LogP contribution in [0.15, 0.2) is 78.9 Å². The molecule has 1 atom stereocenters. The standard InChI is InChI=1S/C25H22O2/c1-2-6-20(7-3-1)10-11-21-12-15-24(16-13-21)26-19-27-25-17-14-22-8-4-5-9-23(22)18-25/h1-9,12-13,15-16,25H,14,17-19H2. The van der Waals surface area contributed by atoms with Gasteiger partial charge in [0.15, 0.2) is 6.79 Å². The van der Waals surface area contributed by atoms with Crippen LogP contribution in [-0.4, -0.2) is 12.9 Å². The molecule has 2 heteroatoms. The second kappa shape index (κ2) is 8.58. The Labute approximate surface area is 160 Å². The number of ether oxygens (including phenoxy) is 2. The molecule has 0 spiro atoms. The Bertz CT molecular complexity index is 933. The van der Waals surface area contributed by atoms with E-state index in [1.54, 1.807) is 0 Å². The number of aryl methyl sites for hydroxylation is 1. The third kappa shape index (κ3) is 4.78. The Morgan fingerprint density at radius 1 is 0.741 bits per heavy atom. The summed E-state index contributed by atoms with van der Waals surface area (Å²) in [6.45, 7) is 0.280. The maximum atomic E-state index is 5.93. The second-order valence-corrected chi connectivity index (χ2v) is 6.70. The van der Waals surface area contributed by atoms with Gasteiger partial charge in [-0.1, -0.05) is 54.3 Å². The fourth-order valence-electron chi connectivity index (χ4n) is 3.31. The number of hydrogen-bond donors (Lipinski definition) is 0. The summed E-state index contributed by atoms with van der Waals surface area (Å²) in [5.41, 5.74) is 4.83. The minimum absolute atomic E-state index is 0.232. The molecule has 27 heavy (non-hydrogen) atoms. The molecule has 0 aliphatic heterocycles. The van der Waals surface area contributed by atoms with Crippen LogP contribution in [-0.2, 0) is 17.6 Å². The molecule has 1 aliphatic carbocycles. The first-order chi connectivity index (χ1) is 13.4. The summed E-state index contributed by atoms with van der Waals surface area (Å²) in [6, 6.07) is 26.4. The minimum Gasteiger partial charge on any atom is -0.468 e. The number of hydrogen-bond acceptors (Lipinski definition) is 2. The molecule has 0 heterocycles. The zero-order valence-corrected chi connectivity index (χ0v) is 15.2. The minimum atomic E-state index is 0.232. The smallest absolute Gasteiger partial charge is 0.189 e. The molecule has 0 saturated carbocycles. The molecular formula is C25H22O2. The first-order valence-corrected chi connectivity index (χ1v) is 9.35. The third-order valence-electron chi connectivity index (χ3n) is 4.81. The van der Waals surface area contributed by atoms with Crippen LogP contribution < -0.4 is 4.74 Å². The van der Waals surface area contributed by atoms with E-state index in [-0.39, 0.29) is 12.9 Å². The normalized spacial score (nSPS) is 15.3. The zero-order chi connectivity index (χ0) is 18.3. The first-order valence-electron chi connectivity index (χ1n) is 9.35. The molecule has 134 valence electrons. The summed E-state index contributed by atoms with van der Waals surface area (Å²) < 4.78 is 11.7. The lowest BCUT2D eigenvalue weighted by atomic mass is 9.90. The quantitative estimate of drug-likeness (QED) is 0.485. The van der Waals surface area contributed by atoms with Crippen molar-refractivity contribution in [1.82, 2.24) is 0 Å². The van der Waals surface area contributed by atoms with Crippen LogP contribution in [0.25, 0.3) is 0 Å². The van der Waals surface area contributed by atoms with Crippen LogP contribution in [0.5, 0.6) is 5.75 Å². The average Bonchev–Trinajstić information content (AvgIpc) is 2.74. The summed E-state index contributed by atoms with van der Waals surface area (Å²) in [5, 5.41) is 0. The maximum absolute atomic E-state index is 5.93. The molecule has 0 saturated heterocycles. The van der Waals surface area contributed by atoms with Crippen LogP contribution in [0.4, 0.5) is 0 Å². The number of fused-ring (bicyclic) bond motifs is 1. The molecule has 0 N–H and O–H groups in total. The van der Waals surface area contributed by atoms with Gasteiger partial charge in [0.1, 0.15) is 5.75 Å². The summed E-state index contributed by atoms with van der Waals surface area (Å²) >= 11 is 0. The maximum Gasteiger partial charge on any atom is 0.189 e. The van der Waals surface area contributed by atoms with Crippen LogP contribution in [0.3, 0.4) is 0 Å². The van der Waals surface area contributed by atoms with E-state index in [2.05, 4.69) is 36.1 Å². The van der Waals surface area contributed by atoms with Crippen molar-refractivity contribution in [3.05, 3.63) is 101 Å². The van der Waals surface area contributed by atoms with E-state index in [0.29, 0.717) is 0 Å². The highest BCUT2D eigenvalue weighted by molar-refractivity contribution is 5.44. The number of rotatable bonds is 4. The van der Waals surface area contributed by atoms with Gasteiger partial charge in [-0.25, -0.2) is 0 Å². The van der Waals surface area contributed by atoms with Gasteiger partial charge in [0.25, 0.3) is 0 Å². The lowest BCUT2D eigenvalue weighted by Crippen LogP contribution is -2.24. The molecule has 3 aromatic rings. The summed E-state index contributed by atoms with van der Waals surface area (Å²) in [5.74, 6) is 7.13. The van der Waals surface area contributed by atoms with E-state index in [9.17, 15) is 0 Å². The molecule has 2 nitrogen and oxygen atoms in total. The number of benzene rings is 3. The lowest BCUT2D eigenvalue weighted by Gasteiger charge is -2.24. The van der Waals surface area contributed by atoms with E-state index in [1.807, 2.05) is 54.6 Å². The van der Waals surface area contributed by atoms with Gasteiger partial charge < -0.3 is 9.47 Å². The fourth-order valence-corrected chi connectivity index (χ4v) is 3.31. The van der Waals surface area contributed by atoms with Gasteiger partial charge in [0.2, 0.25) is 0 Å². The molecular weight excluding hydrogens is 332 g/mol. The average molecular weight is 354 g/mol. The Morgan fingerprint density at radius 3 is 2.19 bits per heavy atom. The van der Waals surface area contributed by atoms with Crippen LogP contribution in [0.2, 0.25) is 0 Å². The van der Waals surface area contributed by atoms with Crippen molar-refractivity contribution in [2.24, 2.45) is 0 Å². The van der Waals surface area contributed by atoms with Gasteiger partial charge in [0.05, 0.1) is 6.10 Å². The largest absolute Gasteiger partial charge is 0.468 e. The molecule has 0 amide bonds. The SMILES string of the molecule is C(#Cc1ccc(OCOC2CCc3ccccc3C2)cc1)c1ccccc1. The Hall–Kier alpha value is -3.02. The lowest BCUT2D eigenvalue weighted by molar-refractivity contribution is -0.0407. The molecule has 0 bridgehead atoms. The van der Waals surface area contributed by atoms with Gasteiger partial charge in [-0.15, -0.1) is 0 Å². The van der Waals surface area contributed by atoms with E-state index in [0.717, 1.165) is 36.1 Å². The molecule has 1 unspecified atom stereocenters. The van der Waals surface area contributed by atoms with Gasteiger partial charge in [-0.2, -0.15) is 0 Å². The van der Waals surface area contributed by atoms with Crippen molar-refractivity contribution < 1.29 is 9.47 Å². The van der Waals surface area contributed by atoms with E-state index >= 15 is 0 Å². The highest BCUT2D eigenvalue weighted by Gasteiger charge is 2.18. The molecule has 1 aliphatic rings. The van der Waals surface area contributed by atoms with Gasteiger partial charge in [0, 0.05) is 11.1 Å². The third-order valence-corrected chi connectivity index (χ3v) is 4.81. The summed E-state index contributed by atoms with van der Waals surface area (Å²) in [6.07, 6.45) is 3.33. The highest BCUT2D eigenvalue weighted by atomic mass is 16.7. The van der Waals surface area contributed by atoms with E-state index in [4.69, 9.17) is 9.47 Å². The highest BCUT2D eigenvalue weighted by Crippen LogP contribution is 2.23. The van der Waals surface area contributed by atoms with E-state index < -0.39 is 0 Å². The molecule has 0 fully saturated rings. The molecule has 0 aromatic heterocycles. The Kier molecular flexibility index (Phi) is 5.53. The van der Waals surface area contributed by atoms with Crippen molar-refractivity contribution in [3.63, 3.8) is 0 Å². The zero-order valence-electron chi connectivity index (χ0n) is 15.2. The van der Waals surface area contributed by atoms with Crippen molar-refractivity contribution in [1.29, 1.82) is 0 Å². The predicted octanol–water partition coefficient (Wildman–Crippen LogP) is 5.00.